The molecule has 0 fully saturated rings. The molecule has 0 unspecified atom stereocenters. The molecule has 1 rings (SSSR count). The standard InChI is InChI=1S/C13H19F3O3Si/c1-3-18-20(17,19-4-2)7-5-6-11-12(15)8-10(14)9-13(11)16/h8-9,17H,3-7H2,1-2H3. The van der Waals surface area contributed by atoms with Crippen molar-refractivity contribution >= 4 is 8.80 Å². The highest BCUT2D eigenvalue weighted by Gasteiger charge is 2.35. The number of benzene rings is 1. The molecular formula is C13H19F3O3Si. The Labute approximate surface area is 117 Å². The van der Waals surface area contributed by atoms with Gasteiger partial charge in [0.1, 0.15) is 17.5 Å². The number of rotatable bonds is 8. The fraction of sp³-hybridized carbons (Fsp3) is 0.538. The van der Waals surface area contributed by atoms with Crippen LogP contribution in [0.1, 0.15) is 25.8 Å². The first-order chi connectivity index (χ1) is 9.41. The van der Waals surface area contributed by atoms with Crippen LogP contribution >= 0.6 is 0 Å². The van der Waals surface area contributed by atoms with Crippen LogP contribution < -0.4 is 0 Å². The van der Waals surface area contributed by atoms with E-state index in [1.165, 1.54) is 0 Å². The fourth-order valence-corrected chi connectivity index (χ4v) is 3.83. The third-order valence-corrected chi connectivity index (χ3v) is 5.23. The van der Waals surface area contributed by atoms with Crippen LogP contribution in [0.25, 0.3) is 0 Å². The van der Waals surface area contributed by atoms with Crippen LogP contribution in [0.5, 0.6) is 0 Å². The van der Waals surface area contributed by atoms with Gasteiger partial charge in [0.25, 0.3) is 0 Å². The summed E-state index contributed by atoms with van der Waals surface area (Å²) in [5.41, 5.74) is -0.184. The van der Waals surface area contributed by atoms with Gasteiger partial charge >= 0.3 is 8.80 Å². The molecule has 0 saturated heterocycles. The Hall–Kier alpha value is -0.893. The van der Waals surface area contributed by atoms with Gasteiger partial charge in [-0.1, -0.05) is 0 Å². The maximum absolute atomic E-state index is 13.4. The average Bonchev–Trinajstić information content (AvgIpc) is 2.33. The van der Waals surface area contributed by atoms with Gasteiger partial charge < -0.3 is 13.6 Å². The van der Waals surface area contributed by atoms with Gasteiger partial charge in [-0.15, -0.1) is 0 Å². The van der Waals surface area contributed by atoms with Crippen molar-refractivity contribution < 1.29 is 26.8 Å². The highest BCUT2D eigenvalue weighted by atomic mass is 28.4. The molecule has 0 heterocycles. The van der Waals surface area contributed by atoms with Gasteiger partial charge in [0.15, 0.2) is 0 Å². The Morgan fingerprint density at radius 1 is 1.05 bits per heavy atom. The topological polar surface area (TPSA) is 38.7 Å². The van der Waals surface area contributed by atoms with E-state index in [2.05, 4.69) is 0 Å². The van der Waals surface area contributed by atoms with Crippen LogP contribution in [0.3, 0.4) is 0 Å². The summed E-state index contributed by atoms with van der Waals surface area (Å²) in [5, 5.41) is 0. The van der Waals surface area contributed by atoms with Gasteiger partial charge in [0.2, 0.25) is 0 Å². The van der Waals surface area contributed by atoms with E-state index in [-0.39, 0.29) is 18.0 Å². The lowest BCUT2D eigenvalue weighted by Crippen LogP contribution is -2.42. The zero-order valence-electron chi connectivity index (χ0n) is 11.6. The zero-order chi connectivity index (χ0) is 15.2. The summed E-state index contributed by atoms with van der Waals surface area (Å²) in [6, 6.07) is 1.49. The minimum Gasteiger partial charge on any atom is -0.390 e. The SMILES string of the molecule is CCO[Si](O)(CCCc1c(F)cc(F)cc1F)OCC. The minimum absolute atomic E-state index is 0.0490. The lowest BCUT2D eigenvalue weighted by molar-refractivity contribution is 0.108. The van der Waals surface area contributed by atoms with Gasteiger partial charge in [0, 0.05) is 37.0 Å². The summed E-state index contributed by atoms with van der Waals surface area (Å²) < 4.78 is 50.1. The zero-order valence-corrected chi connectivity index (χ0v) is 12.6. The predicted octanol–water partition coefficient (Wildman–Crippen LogP) is 3.04. The van der Waals surface area contributed by atoms with Crippen LogP contribution in [0.4, 0.5) is 13.2 Å². The van der Waals surface area contributed by atoms with Crippen molar-refractivity contribution in [3.05, 3.63) is 35.1 Å². The summed E-state index contributed by atoms with van der Waals surface area (Å²) in [7, 11) is -3.27. The second-order valence-corrected chi connectivity index (χ2v) is 6.78. The molecule has 0 atom stereocenters. The molecule has 0 amide bonds. The summed E-state index contributed by atoms with van der Waals surface area (Å²) in [4.78, 5) is 10.1. The number of halogens is 3. The van der Waals surface area contributed by atoms with E-state index in [0.717, 1.165) is 0 Å². The second-order valence-electron chi connectivity index (χ2n) is 4.28. The Balaban J connectivity index is 2.63. The van der Waals surface area contributed by atoms with Gasteiger partial charge in [-0.05, 0) is 26.7 Å². The smallest absolute Gasteiger partial charge is 0.390 e. The van der Waals surface area contributed by atoms with E-state index in [0.29, 0.717) is 31.8 Å². The van der Waals surface area contributed by atoms with E-state index in [1.54, 1.807) is 13.8 Å². The third-order valence-electron chi connectivity index (χ3n) is 2.77. The minimum atomic E-state index is -3.27. The lowest BCUT2D eigenvalue weighted by atomic mass is 10.1. The van der Waals surface area contributed by atoms with Crippen molar-refractivity contribution in [2.45, 2.75) is 32.7 Å². The monoisotopic (exact) mass is 308 g/mol. The van der Waals surface area contributed by atoms with Gasteiger partial charge in [-0.2, -0.15) is 0 Å². The second kappa shape index (κ2) is 7.77. The molecule has 7 heteroatoms. The Morgan fingerprint density at radius 2 is 1.55 bits per heavy atom. The molecule has 0 aliphatic rings. The van der Waals surface area contributed by atoms with E-state index in [1.807, 2.05) is 0 Å². The molecule has 20 heavy (non-hydrogen) atoms. The van der Waals surface area contributed by atoms with Crippen LogP contribution in [-0.2, 0) is 15.3 Å². The molecule has 0 spiro atoms. The molecule has 0 bridgehead atoms. The first-order valence-electron chi connectivity index (χ1n) is 6.55. The summed E-state index contributed by atoms with van der Waals surface area (Å²) >= 11 is 0. The predicted molar refractivity (Wildman–Crippen MR) is 70.7 cm³/mol. The van der Waals surface area contributed by atoms with Crippen molar-refractivity contribution in [2.75, 3.05) is 13.2 Å². The van der Waals surface area contributed by atoms with Gasteiger partial charge in [0.05, 0.1) is 0 Å². The van der Waals surface area contributed by atoms with Gasteiger partial charge in [-0.25, -0.2) is 13.2 Å². The highest BCUT2D eigenvalue weighted by Crippen LogP contribution is 2.20. The third kappa shape index (κ3) is 4.90. The van der Waals surface area contributed by atoms with Crippen LogP contribution in [0, 0.1) is 17.5 Å². The maximum atomic E-state index is 13.4. The lowest BCUT2D eigenvalue weighted by Gasteiger charge is -2.22. The molecule has 0 aliphatic carbocycles. The summed E-state index contributed by atoms with van der Waals surface area (Å²) in [5.74, 6) is -2.78. The largest absolute Gasteiger partial charge is 0.498 e. The molecular weight excluding hydrogens is 289 g/mol. The normalized spacial score (nSPS) is 11.9. The van der Waals surface area contributed by atoms with Crippen LogP contribution in [0.15, 0.2) is 12.1 Å². The van der Waals surface area contributed by atoms with Crippen molar-refractivity contribution in [2.24, 2.45) is 0 Å². The molecule has 1 N–H and O–H groups in total. The number of hydrogen-bond donors (Lipinski definition) is 1. The summed E-state index contributed by atoms with van der Waals surface area (Å²) in [6.07, 6.45) is 0.343. The van der Waals surface area contributed by atoms with Crippen molar-refractivity contribution in [1.29, 1.82) is 0 Å². The van der Waals surface area contributed by atoms with Gasteiger partial charge in [-0.3, -0.25) is 0 Å². The molecule has 0 aliphatic heterocycles. The molecule has 0 saturated carbocycles. The summed E-state index contributed by atoms with van der Waals surface area (Å²) in [6.45, 7) is 4.08. The maximum Gasteiger partial charge on any atom is 0.498 e. The first kappa shape index (κ1) is 17.2. The van der Waals surface area contributed by atoms with E-state index >= 15 is 0 Å². The molecule has 114 valence electrons. The van der Waals surface area contributed by atoms with E-state index in [4.69, 9.17) is 8.85 Å². The quantitative estimate of drug-likeness (QED) is 0.750. The van der Waals surface area contributed by atoms with Crippen LogP contribution in [-0.4, -0.2) is 26.8 Å². The Kier molecular flexibility index (Phi) is 6.67. The van der Waals surface area contributed by atoms with Crippen molar-refractivity contribution in [3.8, 4) is 0 Å². The molecule has 0 aromatic heterocycles. The van der Waals surface area contributed by atoms with E-state index in [9.17, 15) is 18.0 Å². The molecule has 0 radical (unpaired) electrons. The first-order valence-corrected chi connectivity index (χ1v) is 8.52. The van der Waals surface area contributed by atoms with Crippen LogP contribution in [0.2, 0.25) is 6.04 Å². The van der Waals surface area contributed by atoms with Crippen molar-refractivity contribution in [1.82, 2.24) is 0 Å². The average molecular weight is 308 g/mol. The molecule has 1 aromatic rings. The number of hydrogen-bond acceptors (Lipinski definition) is 3. The highest BCUT2D eigenvalue weighted by molar-refractivity contribution is 6.59. The van der Waals surface area contributed by atoms with Crippen molar-refractivity contribution in [3.63, 3.8) is 0 Å². The molecule has 1 aromatic carbocycles. The Morgan fingerprint density at radius 3 is 2.00 bits per heavy atom. The molecule has 3 nitrogen and oxygen atoms in total. The van der Waals surface area contributed by atoms with E-state index < -0.39 is 26.3 Å². The Bertz CT molecular complexity index is 414. The fourth-order valence-electron chi connectivity index (χ4n) is 1.94.